The molecule has 3 aromatic rings. The van der Waals surface area contributed by atoms with Crippen LogP contribution < -0.4 is 20.1 Å². The average molecular weight is 394 g/mol. The quantitative estimate of drug-likeness (QED) is 0.652. The summed E-state index contributed by atoms with van der Waals surface area (Å²) >= 11 is 0. The van der Waals surface area contributed by atoms with Gasteiger partial charge in [0, 0.05) is 11.1 Å². The molecule has 0 bridgehead atoms. The van der Waals surface area contributed by atoms with Crippen molar-refractivity contribution in [3.63, 3.8) is 0 Å². The van der Waals surface area contributed by atoms with Gasteiger partial charge in [-0.2, -0.15) is 0 Å². The van der Waals surface area contributed by atoms with Crippen LogP contribution in [0.5, 0.6) is 11.5 Å². The summed E-state index contributed by atoms with van der Waals surface area (Å²) in [5, 5.41) is 5.31. The van der Waals surface area contributed by atoms with Crippen molar-refractivity contribution in [2.75, 3.05) is 24.9 Å². The molecule has 6 nitrogen and oxygen atoms in total. The fourth-order valence-electron chi connectivity index (χ4n) is 2.60. The van der Waals surface area contributed by atoms with Gasteiger partial charge in [0.15, 0.2) is 0 Å². The molecule has 0 aliphatic heterocycles. The molecule has 0 spiro atoms. The van der Waals surface area contributed by atoms with E-state index in [-0.39, 0.29) is 11.4 Å². The smallest absolute Gasteiger partial charge is 0.255 e. The number of benzene rings is 3. The SMILES string of the molecule is COc1ccc(C(=O)Nc2ccc(F)cc2NC(=O)c2ccc(OC)cc2)cc1. The van der Waals surface area contributed by atoms with E-state index in [4.69, 9.17) is 9.47 Å². The van der Waals surface area contributed by atoms with Gasteiger partial charge >= 0.3 is 0 Å². The average Bonchev–Trinajstić information content (AvgIpc) is 2.75. The molecule has 7 heteroatoms. The van der Waals surface area contributed by atoms with Gasteiger partial charge in [0.05, 0.1) is 25.6 Å². The number of hydrogen-bond acceptors (Lipinski definition) is 4. The van der Waals surface area contributed by atoms with Gasteiger partial charge in [-0.1, -0.05) is 0 Å². The maximum absolute atomic E-state index is 13.7. The summed E-state index contributed by atoms with van der Waals surface area (Å²) in [6, 6.07) is 16.7. The van der Waals surface area contributed by atoms with E-state index in [1.54, 1.807) is 48.5 Å². The highest BCUT2D eigenvalue weighted by Crippen LogP contribution is 2.25. The fourth-order valence-corrected chi connectivity index (χ4v) is 2.60. The number of nitrogens with one attached hydrogen (secondary N) is 2. The van der Waals surface area contributed by atoms with Crippen molar-refractivity contribution in [3.05, 3.63) is 83.7 Å². The van der Waals surface area contributed by atoms with Gasteiger partial charge < -0.3 is 20.1 Å². The molecule has 0 saturated heterocycles. The molecule has 3 rings (SSSR count). The molecule has 2 amide bonds. The molecule has 29 heavy (non-hydrogen) atoms. The Morgan fingerprint density at radius 2 is 1.14 bits per heavy atom. The maximum atomic E-state index is 13.7. The summed E-state index contributed by atoms with van der Waals surface area (Å²) in [5.74, 6) is -0.162. The van der Waals surface area contributed by atoms with Crippen molar-refractivity contribution in [1.82, 2.24) is 0 Å². The topological polar surface area (TPSA) is 76.7 Å². The lowest BCUT2D eigenvalue weighted by Crippen LogP contribution is -2.17. The zero-order valence-electron chi connectivity index (χ0n) is 15.9. The van der Waals surface area contributed by atoms with E-state index in [1.165, 1.54) is 26.4 Å². The highest BCUT2D eigenvalue weighted by Gasteiger charge is 2.14. The minimum atomic E-state index is -0.544. The van der Waals surface area contributed by atoms with Crippen LogP contribution in [0.3, 0.4) is 0 Å². The van der Waals surface area contributed by atoms with Gasteiger partial charge in [0.25, 0.3) is 11.8 Å². The third kappa shape index (κ3) is 4.90. The van der Waals surface area contributed by atoms with Crippen LogP contribution in [0.15, 0.2) is 66.7 Å². The zero-order chi connectivity index (χ0) is 20.8. The first-order chi connectivity index (χ1) is 14.0. The van der Waals surface area contributed by atoms with Gasteiger partial charge in [-0.15, -0.1) is 0 Å². The Balaban J connectivity index is 1.79. The third-order valence-corrected chi connectivity index (χ3v) is 4.18. The first kappa shape index (κ1) is 19.9. The molecule has 0 atom stereocenters. The highest BCUT2D eigenvalue weighted by atomic mass is 19.1. The standard InChI is InChI=1S/C22H19FN2O4/c1-28-17-8-3-14(4-9-17)21(26)24-19-12-7-16(23)13-20(19)25-22(27)15-5-10-18(29-2)11-6-15/h3-13H,1-2H3,(H,24,26)(H,25,27). The first-order valence-electron chi connectivity index (χ1n) is 8.70. The minimum absolute atomic E-state index is 0.146. The number of carbonyl (C=O) groups excluding carboxylic acids is 2. The Hall–Kier alpha value is -3.87. The Morgan fingerprint density at radius 3 is 1.59 bits per heavy atom. The lowest BCUT2D eigenvalue weighted by Gasteiger charge is -2.13. The van der Waals surface area contributed by atoms with Crippen molar-refractivity contribution < 1.29 is 23.5 Å². The lowest BCUT2D eigenvalue weighted by molar-refractivity contribution is 0.101. The first-order valence-corrected chi connectivity index (χ1v) is 8.70. The number of carbonyl (C=O) groups is 2. The molecule has 0 aliphatic rings. The molecule has 0 aromatic heterocycles. The monoisotopic (exact) mass is 394 g/mol. The molecule has 0 aliphatic carbocycles. The summed E-state index contributed by atoms with van der Waals surface area (Å²) in [7, 11) is 3.06. The van der Waals surface area contributed by atoms with Gasteiger partial charge in [0.1, 0.15) is 17.3 Å². The predicted molar refractivity (Wildman–Crippen MR) is 108 cm³/mol. The summed E-state index contributed by atoms with van der Waals surface area (Å²) < 4.78 is 23.9. The van der Waals surface area contributed by atoms with Gasteiger partial charge in [-0.25, -0.2) is 4.39 Å². The number of ether oxygens (including phenoxy) is 2. The van der Waals surface area contributed by atoms with Crippen LogP contribution in [0.2, 0.25) is 0 Å². The second-order valence-electron chi connectivity index (χ2n) is 6.06. The fraction of sp³-hybridized carbons (Fsp3) is 0.0909. The molecule has 0 radical (unpaired) electrons. The molecular formula is C22H19FN2O4. The number of anilines is 2. The number of amides is 2. The van der Waals surface area contributed by atoms with E-state index in [0.29, 0.717) is 22.6 Å². The summed E-state index contributed by atoms with van der Waals surface area (Å²) in [6.07, 6.45) is 0. The van der Waals surface area contributed by atoms with Crippen molar-refractivity contribution in [2.45, 2.75) is 0 Å². The molecular weight excluding hydrogens is 375 g/mol. The summed E-state index contributed by atoms with van der Waals surface area (Å²) in [6.45, 7) is 0. The van der Waals surface area contributed by atoms with E-state index < -0.39 is 17.6 Å². The largest absolute Gasteiger partial charge is 0.497 e. The van der Waals surface area contributed by atoms with Crippen molar-refractivity contribution in [1.29, 1.82) is 0 Å². The number of hydrogen-bond donors (Lipinski definition) is 2. The molecule has 2 N–H and O–H groups in total. The minimum Gasteiger partial charge on any atom is -0.497 e. The summed E-state index contributed by atoms with van der Waals surface area (Å²) in [5.41, 5.74) is 1.17. The van der Waals surface area contributed by atoms with Crippen LogP contribution in [0, 0.1) is 5.82 Å². The second kappa shape index (κ2) is 8.88. The maximum Gasteiger partial charge on any atom is 0.255 e. The van der Waals surface area contributed by atoms with Crippen LogP contribution in [-0.2, 0) is 0 Å². The highest BCUT2D eigenvalue weighted by molar-refractivity contribution is 6.10. The van der Waals surface area contributed by atoms with Crippen LogP contribution >= 0.6 is 0 Å². The Bertz CT molecular complexity index is 1020. The second-order valence-corrected chi connectivity index (χ2v) is 6.06. The third-order valence-electron chi connectivity index (χ3n) is 4.18. The molecule has 0 heterocycles. The number of rotatable bonds is 6. The molecule has 0 unspecified atom stereocenters. The zero-order valence-corrected chi connectivity index (χ0v) is 15.9. The lowest BCUT2D eigenvalue weighted by atomic mass is 10.1. The van der Waals surface area contributed by atoms with E-state index in [0.717, 1.165) is 6.07 Å². The van der Waals surface area contributed by atoms with Gasteiger partial charge in [-0.05, 0) is 66.7 Å². The van der Waals surface area contributed by atoms with Gasteiger partial charge in [0.2, 0.25) is 0 Å². The van der Waals surface area contributed by atoms with Crippen molar-refractivity contribution in [3.8, 4) is 11.5 Å². The van der Waals surface area contributed by atoms with Crippen LogP contribution in [0.1, 0.15) is 20.7 Å². The molecule has 148 valence electrons. The van der Waals surface area contributed by atoms with Crippen molar-refractivity contribution >= 4 is 23.2 Å². The normalized spacial score (nSPS) is 10.2. The molecule has 3 aromatic carbocycles. The van der Waals surface area contributed by atoms with Crippen LogP contribution in [0.4, 0.5) is 15.8 Å². The molecule has 0 saturated carbocycles. The number of halogens is 1. The van der Waals surface area contributed by atoms with Gasteiger partial charge in [-0.3, -0.25) is 9.59 Å². The van der Waals surface area contributed by atoms with E-state index in [2.05, 4.69) is 10.6 Å². The Kier molecular flexibility index (Phi) is 6.09. The van der Waals surface area contributed by atoms with Crippen LogP contribution in [-0.4, -0.2) is 26.0 Å². The Morgan fingerprint density at radius 1 is 0.690 bits per heavy atom. The van der Waals surface area contributed by atoms with E-state index >= 15 is 0 Å². The van der Waals surface area contributed by atoms with E-state index in [1.807, 2.05) is 0 Å². The molecule has 0 fully saturated rings. The van der Waals surface area contributed by atoms with Crippen LogP contribution in [0.25, 0.3) is 0 Å². The van der Waals surface area contributed by atoms with Crippen molar-refractivity contribution in [2.24, 2.45) is 0 Å². The number of methoxy groups -OCH3 is 2. The predicted octanol–water partition coefficient (Wildman–Crippen LogP) is 4.35. The summed E-state index contributed by atoms with van der Waals surface area (Å²) in [4.78, 5) is 25.0. The van der Waals surface area contributed by atoms with E-state index in [9.17, 15) is 14.0 Å². The Labute approximate surface area is 167 Å².